The minimum atomic E-state index is -0.303. The summed E-state index contributed by atoms with van der Waals surface area (Å²) >= 11 is 0. The van der Waals surface area contributed by atoms with Crippen molar-refractivity contribution in [1.29, 1.82) is 0 Å². The highest BCUT2D eigenvalue weighted by Gasteiger charge is 2.23. The lowest BCUT2D eigenvalue weighted by molar-refractivity contribution is 0.116. The van der Waals surface area contributed by atoms with E-state index in [2.05, 4.69) is 5.32 Å². The van der Waals surface area contributed by atoms with Crippen molar-refractivity contribution >= 4 is 5.69 Å². The molecule has 0 aliphatic heterocycles. The molecular formula is C15H23NO4. The monoisotopic (exact) mass is 281 g/mol. The molecule has 0 unspecified atom stereocenters. The topological polar surface area (TPSA) is 60.0 Å². The first-order valence-corrected chi connectivity index (χ1v) is 6.94. The average molecular weight is 281 g/mol. The fourth-order valence-electron chi connectivity index (χ4n) is 2.66. The van der Waals surface area contributed by atoms with Crippen molar-refractivity contribution < 1.29 is 19.3 Å². The number of nitrogens with one attached hydrogen (secondary N) is 1. The Labute approximate surface area is 119 Å². The van der Waals surface area contributed by atoms with Gasteiger partial charge in [-0.3, -0.25) is 0 Å². The molecule has 0 amide bonds. The van der Waals surface area contributed by atoms with Gasteiger partial charge in [0.15, 0.2) is 11.5 Å². The van der Waals surface area contributed by atoms with E-state index in [4.69, 9.17) is 14.2 Å². The molecule has 1 aromatic carbocycles. The molecule has 2 N–H and O–H groups in total. The molecule has 20 heavy (non-hydrogen) atoms. The summed E-state index contributed by atoms with van der Waals surface area (Å²) < 4.78 is 16.0. The van der Waals surface area contributed by atoms with E-state index in [1.807, 2.05) is 12.1 Å². The number of anilines is 1. The van der Waals surface area contributed by atoms with Crippen LogP contribution in [0.4, 0.5) is 5.69 Å². The fourth-order valence-corrected chi connectivity index (χ4v) is 2.66. The smallest absolute Gasteiger partial charge is 0.203 e. The first kappa shape index (κ1) is 14.8. The third-order valence-corrected chi connectivity index (χ3v) is 3.75. The molecule has 0 radical (unpaired) electrons. The van der Waals surface area contributed by atoms with Crippen LogP contribution in [0.25, 0.3) is 0 Å². The number of hydrogen-bond acceptors (Lipinski definition) is 5. The van der Waals surface area contributed by atoms with Gasteiger partial charge in [0.25, 0.3) is 0 Å². The van der Waals surface area contributed by atoms with Crippen molar-refractivity contribution in [3.63, 3.8) is 0 Å². The Hall–Kier alpha value is -1.62. The molecule has 1 aliphatic carbocycles. The fraction of sp³-hybridized carbons (Fsp3) is 0.600. The van der Waals surface area contributed by atoms with Crippen LogP contribution in [0, 0.1) is 0 Å². The van der Waals surface area contributed by atoms with Crippen molar-refractivity contribution in [2.24, 2.45) is 0 Å². The highest BCUT2D eigenvalue weighted by molar-refractivity contribution is 5.62. The van der Waals surface area contributed by atoms with Gasteiger partial charge in [0, 0.05) is 17.8 Å². The number of methoxy groups -OCH3 is 3. The molecule has 5 heteroatoms. The van der Waals surface area contributed by atoms with Gasteiger partial charge < -0.3 is 24.6 Å². The summed E-state index contributed by atoms with van der Waals surface area (Å²) in [5.74, 6) is 1.80. The maximum absolute atomic E-state index is 10.0. The second-order valence-electron chi connectivity index (χ2n) is 5.02. The van der Waals surface area contributed by atoms with Crippen molar-refractivity contribution in [3.8, 4) is 17.2 Å². The van der Waals surface area contributed by atoms with E-state index >= 15 is 0 Å². The lowest BCUT2D eigenvalue weighted by atomic mass is 9.92. The molecule has 0 heterocycles. The molecule has 0 bridgehead atoms. The van der Waals surface area contributed by atoms with Gasteiger partial charge in [-0.05, 0) is 12.8 Å². The van der Waals surface area contributed by atoms with Gasteiger partial charge in [-0.15, -0.1) is 0 Å². The summed E-state index contributed by atoms with van der Waals surface area (Å²) in [6.07, 6.45) is 3.75. The van der Waals surface area contributed by atoms with Crippen molar-refractivity contribution in [2.75, 3.05) is 26.6 Å². The highest BCUT2D eigenvalue weighted by Crippen LogP contribution is 2.40. The molecule has 1 fully saturated rings. The van der Waals surface area contributed by atoms with Gasteiger partial charge in [-0.1, -0.05) is 12.8 Å². The van der Waals surface area contributed by atoms with Gasteiger partial charge in [0.2, 0.25) is 5.75 Å². The number of hydrogen-bond donors (Lipinski definition) is 2. The van der Waals surface area contributed by atoms with Gasteiger partial charge in [0.1, 0.15) is 0 Å². The van der Waals surface area contributed by atoms with Crippen LogP contribution in [0.3, 0.4) is 0 Å². The number of aliphatic hydroxyl groups is 1. The van der Waals surface area contributed by atoms with Crippen LogP contribution in [0.2, 0.25) is 0 Å². The minimum Gasteiger partial charge on any atom is -0.493 e. The molecule has 1 aliphatic rings. The SMILES string of the molecule is COc1cc(N[C@H]2CCCC[C@@H]2O)cc(OC)c1OC. The standard InChI is InChI=1S/C15H23NO4/c1-18-13-8-10(9-14(19-2)15(13)20-3)16-11-6-4-5-7-12(11)17/h8-9,11-12,16-17H,4-7H2,1-3H3/t11-,12-/m0/s1. The maximum Gasteiger partial charge on any atom is 0.203 e. The van der Waals surface area contributed by atoms with Gasteiger partial charge in [0.05, 0.1) is 33.5 Å². The van der Waals surface area contributed by atoms with Crippen LogP contribution in [0.15, 0.2) is 12.1 Å². The van der Waals surface area contributed by atoms with Crippen LogP contribution in [-0.4, -0.2) is 38.6 Å². The summed E-state index contributed by atoms with van der Waals surface area (Å²) in [5.41, 5.74) is 0.866. The van der Waals surface area contributed by atoms with E-state index in [0.29, 0.717) is 17.2 Å². The largest absolute Gasteiger partial charge is 0.493 e. The van der Waals surface area contributed by atoms with E-state index in [1.165, 1.54) is 0 Å². The van der Waals surface area contributed by atoms with Crippen LogP contribution >= 0.6 is 0 Å². The first-order chi connectivity index (χ1) is 9.69. The van der Waals surface area contributed by atoms with Crippen molar-refractivity contribution in [3.05, 3.63) is 12.1 Å². The Kier molecular flexibility index (Phi) is 4.95. The van der Waals surface area contributed by atoms with Gasteiger partial charge in [-0.2, -0.15) is 0 Å². The zero-order chi connectivity index (χ0) is 14.5. The summed E-state index contributed by atoms with van der Waals surface area (Å²) in [6.45, 7) is 0. The average Bonchev–Trinajstić information content (AvgIpc) is 2.48. The Morgan fingerprint density at radius 1 is 1.00 bits per heavy atom. The Bertz CT molecular complexity index is 424. The van der Waals surface area contributed by atoms with Crippen LogP contribution in [0.1, 0.15) is 25.7 Å². The number of ether oxygens (including phenoxy) is 3. The summed E-state index contributed by atoms with van der Waals surface area (Å²) in [6, 6.07) is 3.80. The quantitative estimate of drug-likeness (QED) is 0.868. The Morgan fingerprint density at radius 3 is 2.10 bits per heavy atom. The molecule has 5 nitrogen and oxygen atoms in total. The van der Waals surface area contributed by atoms with E-state index in [-0.39, 0.29) is 12.1 Å². The second kappa shape index (κ2) is 6.70. The van der Waals surface area contributed by atoms with Crippen LogP contribution in [0.5, 0.6) is 17.2 Å². The molecule has 1 saturated carbocycles. The molecular weight excluding hydrogens is 258 g/mol. The number of aliphatic hydroxyl groups excluding tert-OH is 1. The van der Waals surface area contributed by atoms with E-state index < -0.39 is 0 Å². The van der Waals surface area contributed by atoms with Crippen LogP contribution < -0.4 is 19.5 Å². The lowest BCUT2D eigenvalue weighted by Gasteiger charge is -2.29. The van der Waals surface area contributed by atoms with E-state index in [1.54, 1.807) is 21.3 Å². The molecule has 2 atom stereocenters. The molecule has 0 saturated heterocycles. The third kappa shape index (κ3) is 3.10. The van der Waals surface area contributed by atoms with Crippen molar-refractivity contribution in [2.45, 2.75) is 37.8 Å². The number of rotatable bonds is 5. The second-order valence-corrected chi connectivity index (χ2v) is 5.02. The minimum absolute atomic E-state index is 0.0755. The van der Waals surface area contributed by atoms with Crippen molar-refractivity contribution in [1.82, 2.24) is 0 Å². The highest BCUT2D eigenvalue weighted by atomic mass is 16.5. The molecule has 112 valence electrons. The lowest BCUT2D eigenvalue weighted by Crippen LogP contribution is -2.36. The Balaban J connectivity index is 2.23. The maximum atomic E-state index is 10.0. The molecule has 1 aromatic rings. The Morgan fingerprint density at radius 2 is 1.60 bits per heavy atom. The number of benzene rings is 1. The molecule has 0 spiro atoms. The first-order valence-electron chi connectivity index (χ1n) is 6.94. The van der Waals surface area contributed by atoms with E-state index in [0.717, 1.165) is 31.4 Å². The molecule has 2 rings (SSSR count). The predicted octanol–water partition coefficient (Wildman–Crippen LogP) is 2.43. The zero-order valence-corrected chi connectivity index (χ0v) is 12.3. The summed E-state index contributed by atoms with van der Waals surface area (Å²) in [5, 5.41) is 13.4. The predicted molar refractivity (Wildman–Crippen MR) is 78.0 cm³/mol. The third-order valence-electron chi connectivity index (χ3n) is 3.75. The normalized spacial score (nSPS) is 22.2. The zero-order valence-electron chi connectivity index (χ0n) is 12.3. The van der Waals surface area contributed by atoms with Gasteiger partial charge in [-0.25, -0.2) is 0 Å². The molecule has 0 aromatic heterocycles. The van der Waals surface area contributed by atoms with Crippen LogP contribution in [-0.2, 0) is 0 Å². The van der Waals surface area contributed by atoms with E-state index in [9.17, 15) is 5.11 Å². The van der Waals surface area contributed by atoms with Gasteiger partial charge >= 0.3 is 0 Å². The summed E-state index contributed by atoms with van der Waals surface area (Å²) in [4.78, 5) is 0. The summed E-state index contributed by atoms with van der Waals surface area (Å²) in [7, 11) is 4.77.